The van der Waals surface area contributed by atoms with E-state index in [0.29, 0.717) is 11.5 Å². The number of nitrogens with two attached hydrogens (primary N) is 2. The highest BCUT2D eigenvalue weighted by atomic mass is 15.3. The third kappa shape index (κ3) is 1.40. The number of nitrogen functional groups attached to an aromatic ring is 2. The fourth-order valence-corrected chi connectivity index (χ4v) is 1.88. The molecule has 2 aromatic heterocycles. The van der Waals surface area contributed by atoms with Gasteiger partial charge >= 0.3 is 0 Å². The van der Waals surface area contributed by atoms with E-state index >= 15 is 0 Å². The Morgan fingerprint density at radius 3 is 2.71 bits per heavy atom. The number of anilines is 1. The molecule has 3 aromatic rings. The monoisotopic (exact) mass is 225 g/mol. The maximum atomic E-state index is 5.87. The molecule has 0 radical (unpaired) electrons. The summed E-state index contributed by atoms with van der Waals surface area (Å²) in [4.78, 5) is 8.40. The van der Waals surface area contributed by atoms with Gasteiger partial charge in [0.05, 0.1) is 0 Å². The summed E-state index contributed by atoms with van der Waals surface area (Å²) < 4.78 is 1.30. The first-order valence-electron chi connectivity index (χ1n) is 5.18. The van der Waals surface area contributed by atoms with Gasteiger partial charge in [-0.1, -0.05) is 24.3 Å². The molecule has 0 aliphatic carbocycles. The Hall–Kier alpha value is -2.56. The molecule has 5 nitrogen and oxygen atoms in total. The van der Waals surface area contributed by atoms with Gasteiger partial charge in [-0.3, -0.25) is 4.98 Å². The van der Waals surface area contributed by atoms with E-state index in [4.69, 9.17) is 11.6 Å². The largest absolute Gasteiger partial charge is 0.382 e. The molecule has 4 N–H and O–H groups in total. The van der Waals surface area contributed by atoms with Crippen molar-refractivity contribution in [3.05, 3.63) is 43.0 Å². The molecule has 5 heteroatoms. The van der Waals surface area contributed by atoms with Crippen LogP contribution in [0.25, 0.3) is 22.0 Å². The highest BCUT2D eigenvalue weighted by molar-refractivity contribution is 5.96. The number of benzene rings is 1. The third-order valence-corrected chi connectivity index (χ3v) is 2.76. The predicted octanol–water partition coefficient (Wildman–Crippen LogP) is 1.39. The Labute approximate surface area is 97.7 Å². The maximum Gasteiger partial charge on any atom is 0.150 e. The summed E-state index contributed by atoms with van der Waals surface area (Å²) in [6.07, 6.45) is 5.06. The molecule has 0 saturated heterocycles. The van der Waals surface area contributed by atoms with Gasteiger partial charge in [0.2, 0.25) is 0 Å². The number of hydrogen-bond acceptors (Lipinski definition) is 4. The zero-order valence-corrected chi connectivity index (χ0v) is 9.04. The van der Waals surface area contributed by atoms with Crippen molar-refractivity contribution < 1.29 is 0 Å². The van der Waals surface area contributed by atoms with Crippen LogP contribution in [-0.2, 0) is 0 Å². The standard InChI is InChI=1S/C12H11N5/c13-12-11(16-7-17(12)14)10-6-15-5-8-3-1-2-4-9(8)10/h1-7H,13-14H2. The smallest absolute Gasteiger partial charge is 0.150 e. The van der Waals surface area contributed by atoms with E-state index in [-0.39, 0.29) is 0 Å². The van der Waals surface area contributed by atoms with Crippen LogP contribution in [0, 0.1) is 0 Å². The van der Waals surface area contributed by atoms with Gasteiger partial charge in [0.15, 0.2) is 5.82 Å². The molecule has 0 spiro atoms. The van der Waals surface area contributed by atoms with E-state index < -0.39 is 0 Å². The highest BCUT2D eigenvalue weighted by Gasteiger charge is 2.11. The van der Waals surface area contributed by atoms with Crippen LogP contribution in [0.4, 0.5) is 5.82 Å². The molecule has 0 bridgehead atoms. The van der Waals surface area contributed by atoms with E-state index in [2.05, 4.69) is 9.97 Å². The first kappa shape index (κ1) is 9.65. The molecule has 0 aliphatic heterocycles. The Kier molecular flexibility index (Phi) is 1.98. The van der Waals surface area contributed by atoms with Gasteiger partial charge in [0.1, 0.15) is 12.0 Å². The summed E-state index contributed by atoms with van der Waals surface area (Å²) in [5.41, 5.74) is 7.43. The van der Waals surface area contributed by atoms with E-state index in [9.17, 15) is 0 Å². The normalized spacial score (nSPS) is 10.8. The van der Waals surface area contributed by atoms with Crippen molar-refractivity contribution >= 4 is 16.6 Å². The maximum absolute atomic E-state index is 5.87. The SMILES string of the molecule is Nc1c(-c2cncc3ccccc23)ncn1N. The molecule has 2 heterocycles. The summed E-state index contributed by atoms with van der Waals surface area (Å²) in [6, 6.07) is 7.96. The number of fused-ring (bicyclic) bond motifs is 1. The van der Waals surface area contributed by atoms with Crippen molar-refractivity contribution in [3.63, 3.8) is 0 Å². The van der Waals surface area contributed by atoms with Gasteiger partial charge in [-0.25, -0.2) is 9.66 Å². The number of hydrogen-bond donors (Lipinski definition) is 2. The Balaban J connectivity index is 2.34. The lowest BCUT2D eigenvalue weighted by molar-refractivity contribution is 1.01. The van der Waals surface area contributed by atoms with Crippen molar-refractivity contribution in [3.8, 4) is 11.3 Å². The molecule has 0 aliphatic rings. The molecule has 0 amide bonds. The van der Waals surface area contributed by atoms with Crippen molar-refractivity contribution in [1.29, 1.82) is 0 Å². The fourth-order valence-electron chi connectivity index (χ4n) is 1.88. The summed E-state index contributed by atoms with van der Waals surface area (Å²) in [6.45, 7) is 0. The van der Waals surface area contributed by atoms with Crippen LogP contribution in [0.1, 0.15) is 0 Å². The first-order chi connectivity index (χ1) is 8.27. The molecular weight excluding hydrogens is 214 g/mol. The molecule has 0 unspecified atom stereocenters. The second-order valence-electron chi connectivity index (χ2n) is 3.79. The van der Waals surface area contributed by atoms with Crippen LogP contribution in [0.15, 0.2) is 43.0 Å². The molecule has 0 fully saturated rings. The van der Waals surface area contributed by atoms with Crippen LogP contribution in [-0.4, -0.2) is 14.6 Å². The minimum absolute atomic E-state index is 0.433. The predicted molar refractivity (Wildman–Crippen MR) is 67.5 cm³/mol. The lowest BCUT2D eigenvalue weighted by Gasteiger charge is -2.04. The Bertz CT molecular complexity index is 681. The molecular formula is C12H11N5. The molecule has 84 valence electrons. The average molecular weight is 225 g/mol. The van der Waals surface area contributed by atoms with Crippen LogP contribution >= 0.6 is 0 Å². The average Bonchev–Trinajstić information content (AvgIpc) is 2.69. The minimum Gasteiger partial charge on any atom is -0.382 e. The molecule has 1 aromatic carbocycles. The number of rotatable bonds is 1. The van der Waals surface area contributed by atoms with Gasteiger partial charge in [-0.05, 0) is 5.39 Å². The van der Waals surface area contributed by atoms with Crippen molar-refractivity contribution in [2.75, 3.05) is 11.6 Å². The van der Waals surface area contributed by atoms with Crippen molar-refractivity contribution in [1.82, 2.24) is 14.6 Å². The number of nitrogens with zero attached hydrogens (tertiary/aromatic N) is 3. The van der Waals surface area contributed by atoms with Gasteiger partial charge in [0.25, 0.3) is 0 Å². The van der Waals surface area contributed by atoms with Crippen molar-refractivity contribution in [2.45, 2.75) is 0 Å². The van der Waals surface area contributed by atoms with Gasteiger partial charge in [0, 0.05) is 23.3 Å². The van der Waals surface area contributed by atoms with Gasteiger partial charge in [-0.2, -0.15) is 0 Å². The molecule has 17 heavy (non-hydrogen) atoms. The molecule has 0 atom stereocenters. The van der Waals surface area contributed by atoms with E-state index in [1.807, 2.05) is 30.5 Å². The summed E-state index contributed by atoms with van der Waals surface area (Å²) in [7, 11) is 0. The lowest BCUT2D eigenvalue weighted by Crippen LogP contribution is -2.10. The van der Waals surface area contributed by atoms with E-state index in [0.717, 1.165) is 16.3 Å². The van der Waals surface area contributed by atoms with Gasteiger partial charge < -0.3 is 11.6 Å². The molecule has 0 saturated carbocycles. The summed E-state index contributed by atoms with van der Waals surface area (Å²) in [5.74, 6) is 6.06. The Morgan fingerprint density at radius 1 is 1.12 bits per heavy atom. The van der Waals surface area contributed by atoms with Gasteiger partial charge in [-0.15, -0.1) is 0 Å². The lowest BCUT2D eigenvalue weighted by atomic mass is 10.1. The molecule has 3 rings (SSSR count). The third-order valence-electron chi connectivity index (χ3n) is 2.76. The Morgan fingerprint density at radius 2 is 1.94 bits per heavy atom. The fraction of sp³-hybridized carbons (Fsp3) is 0. The van der Waals surface area contributed by atoms with Crippen LogP contribution < -0.4 is 11.6 Å². The number of aromatic nitrogens is 3. The topological polar surface area (TPSA) is 82.8 Å². The summed E-state index contributed by atoms with van der Waals surface area (Å²) >= 11 is 0. The van der Waals surface area contributed by atoms with Crippen LogP contribution in [0.5, 0.6) is 0 Å². The second kappa shape index (κ2) is 3.48. The minimum atomic E-state index is 0.433. The number of imidazole rings is 1. The second-order valence-corrected chi connectivity index (χ2v) is 3.79. The summed E-state index contributed by atoms with van der Waals surface area (Å²) in [5, 5.41) is 2.11. The van der Waals surface area contributed by atoms with Crippen LogP contribution in [0.2, 0.25) is 0 Å². The van der Waals surface area contributed by atoms with E-state index in [1.165, 1.54) is 11.0 Å². The van der Waals surface area contributed by atoms with Crippen molar-refractivity contribution in [2.24, 2.45) is 0 Å². The highest BCUT2D eigenvalue weighted by Crippen LogP contribution is 2.29. The number of pyridine rings is 1. The van der Waals surface area contributed by atoms with Crippen LogP contribution in [0.3, 0.4) is 0 Å². The quantitative estimate of drug-likeness (QED) is 0.613. The zero-order chi connectivity index (χ0) is 11.8. The zero-order valence-electron chi connectivity index (χ0n) is 9.04. The first-order valence-corrected chi connectivity index (χ1v) is 5.18. The van der Waals surface area contributed by atoms with E-state index in [1.54, 1.807) is 6.20 Å².